The topological polar surface area (TPSA) is 43.7 Å². The summed E-state index contributed by atoms with van der Waals surface area (Å²) in [4.78, 5) is 2.30. The summed E-state index contributed by atoms with van der Waals surface area (Å²) in [7, 11) is 0. The second kappa shape index (κ2) is 8.97. The highest BCUT2D eigenvalue weighted by molar-refractivity contribution is 4.54. The zero-order valence-corrected chi connectivity index (χ0v) is 8.00. The Hall–Kier alpha value is -0.120. The number of hydrogen-bond donors (Lipinski definition) is 2. The minimum absolute atomic E-state index is 0.274. The molecule has 74 valence electrons. The van der Waals surface area contributed by atoms with Crippen molar-refractivity contribution in [1.29, 1.82) is 0 Å². The molecule has 0 aliphatic rings. The Morgan fingerprint density at radius 1 is 0.917 bits per heavy atom. The van der Waals surface area contributed by atoms with Crippen molar-refractivity contribution >= 4 is 0 Å². The van der Waals surface area contributed by atoms with Crippen LogP contribution in [-0.2, 0) is 0 Å². The van der Waals surface area contributed by atoms with Crippen LogP contribution in [0.25, 0.3) is 0 Å². The Balaban J connectivity index is 3.26. The predicted molar refractivity (Wildman–Crippen MR) is 50.1 cm³/mol. The molecule has 3 nitrogen and oxygen atoms in total. The van der Waals surface area contributed by atoms with E-state index in [1.807, 2.05) is 0 Å². The van der Waals surface area contributed by atoms with E-state index in [1.165, 1.54) is 0 Å². The Bertz CT molecular complexity index is 88.6. The first-order chi connectivity index (χ1) is 5.85. The van der Waals surface area contributed by atoms with E-state index in [0.29, 0.717) is 0 Å². The van der Waals surface area contributed by atoms with Crippen LogP contribution in [0.1, 0.15) is 26.2 Å². The zero-order valence-electron chi connectivity index (χ0n) is 8.00. The molecule has 0 aliphatic carbocycles. The van der Waals surface area contributed by atoms with Gasteiger partial charge in [-0.3, -0.25) is 0 Å². The van der Waals surface area contributed by atoms with Crippen molar-refractivity contribution < 1.29 is 10.2 Å². The largest absolute Gasteiger partial charge is 0.396 e. The van der Waals surface area contributed by atoms with E-state index in [0.717, 1.165) is 38.9 Å². The molecule has 0 unspecified atom stereocenters. The Labute approximate surface area is 75.0 Å². The molecule has 3 heteroatoms. The lowest BCUT2D eigenvalue weighted by Gasteiger charge is -2.19. The molecule has 0 fully saturated rings. The number of nitrogens with zero attached hydrogens (tertiary/aromatic N) is 1. The third-order valence-corrected chi connectivity index (χ3v) is 1.96. The van der Waals surface area contributed by atoms with Gasteiger partial charge in [0.05, 0.1) is 0 Å². The summed E-state index contributed by atoms with van der Waals surface area (Å²) in [6, 6.07) is 0. The second-order valence-corrected chi connectivity index (χ2v) is 2.94. The first-order valence-electron chi connectivity index (χ1n) is 4.79. The van der Waals surface area contributed by atoms with Gasteiger partial charge in [0.1, 0.15) is 0 Å². The maximum atomic E-state index is 8.62. The molecule has 0 aromatic rings. The molecule has 0 aromatic heterocycles. The van der Waals surface area contributed by atoms with E-state index in [9.17, 15) is 0 Å². The lowest BCUT2D eigenvalue weighted by molar-refractivity contribution is 0.218. The lowest BCUT2D eigenvalue weighted by Crippen LogP contribution is -2.26. The monoisotopic (exact) mass is 175 g/mol. The van der Waals surface area contributed by atoms with Gasteiger partial charge in [0, 0.05) is 19.8 Å². The molecule has 0 saturated heterocycles. The maximum Gasteiger partial charge on any atom is 0.0443 e. The Morgan fingerprint density at radius 2 is 1.50 bits per heavy atom. The van der Waals surface area contributed by atoms with Crippen molar-refractivity contribution in [1.82, 2.24) is 4.90 Å². The average Bonchev–Trinajstić information content (AvgIpc) is 2.11. The van der Waals surface area contributed by atoms with Crippen molar-refractivity contribution in [2.45, 2.75) is 26.2 Å². The van der Waals surface area contributed by atoms with Crippen molar-refractivity contribution in [3.8, 4) is 0 Å². The summed E-state index contributed by atoms with van der Waals surface area (Å²) >= 11 is 0. The van der Waals surface area contributed by atoms with Gasteiger partial charge in [-0.25, -0.2) is 0 Å². The lowest BCUT2D eigenvalue weighted by atomic mass is 10.3. The fraction of sp³-hybridized carbons (Fsp3) is 1.00. The van der Waals surface area contributed by atoms with Crippen molar-refractivity contribution in [2.24, 2.45) is 0 Å². The summed E-state index contributed by atoms with van der Waals surface area (Å²) in [5.41, 5.74) is 0. The minimum Gasteiger partial charge on any atom is -0.396 e. The normalized spacial score (nSPS) is 11.0. The van der Waals surface area contributed by atoms with Crippen LogP contribution in [0.5, 0.6) is 0 Å². The SMILES string of the molecule is CCN(CCCO)CCCCO. The van der Waals surface area contributed by atoms with Crippen LogP contribution in [0.15, 0.2) is 0 Å². The molecule has 0 spiro atoms. The molecule has 0 atom stereocenters. The minimum atomic E-state index is 0.274. The highest BCUT2D eigenvalue weighted by atomic mass is 16.3. The van der Waals surface area contributed by atoms with Crippen molar-refractivity contribution in [3.63, 3.8) is 0 Å². The van der Waals surface area contributed by atoms with Gasteiger partial charge < -0.3 is 15.1 Å². The fourth-order valence-electron chi connectivity index (χ4n) is 1.17. The van der Waals surface area contributed by atoms with Gasteiger partial charge in [-0.1, -0.05) is 6.92 Å². The van der Waals surface area contributed by atoms with Crippen LogP contribution in [0.3, 0.4) is 0 Å². The summed E-state index contributed by atoms with van der Waals surface area (Å²) in [5, 5.41) is 17.2. The number of unbranched alkanes of at least 4 members (excludes halogenated alkanes) is 1. The second-order valence-electron chi connectivity index (χ2n) is 2.94. The summed E-state index contributed by atoms with van der Waals surface area (Å²) < 4.78 is 0. The molecule has 0 aromatic carbocycles. The van der Waals surface area contributed by atoms with Gasteiger partial charge in [-0.05, 0) is 32.4 Å². The van der Waals surface area contributed by atoms with Crippen LogP contribution in [-0.4, -0.2) is 48.0 Å². The average molecular weight is 175 g/mol. The van der Waals surface area contributed by atoms with Gasteiger partial charge >= 0.3 is 0 Å². The van der Waals surface area contributed by atoms with E-state index < -0.39 is 0 Å². The van der Waals surface area contributed by atoms with Crippen LogP contribution in [0.4, 0.5) is 0 Å². The molecule has 0 saturated carbocycles. The van der Waals surface area contributed by atoms with Gasteiger partial charge in [0.15, 0.2) is 0 Å². The number of rotatable bonds is 8. The smallest absolute Gasteiger partial charge is 0.0443 e. The first kappa shape index (κ1) is 11.9. The van der Waals surface area contributed by atoms with Gasteiger partial charge in [-0.15, -0.1) is 0 Å². The predicted octanol–water partition coefficient (Wildman–Crippen LogP) is 0.463. The van der Waals surface area contributed by atoms with Crippen LogP contribution >= 0.6 is 0 Å². The molecule has 0 bridgehead atoms. The van der Waals surface area contributed by atoms with Crippen LogP contribution in [0, 0.1) is 0 Å². The van der Waals surface area contributed by atoms with Crippen LogP contribution < -0.4 is 0 Å². The molecule has 0 amide bonds. The van der Waals surface area contributed by atoms with Crippen LogP contribution in [0.2, 0.25) is 0 Å². The molecule has 0 heterocycles. The zero-order chi connectivity index (χ0) is 9.23. The summed E-state index contributed by atoms with van der Waals surface area (Å²) in [6.45, 7) is 5.73. The third-order valence-electron chi connectivity index (χ3n) is 1.96. The van der Waals surface area contributed by atoms with Crippen molar-refractivity contribution in [2.75, 3.05) is 32.8 Å². The number of hydrogen-bond acceptors (Lipinski definition) is 3. The summed E-state index contributed by atoms with van der Waals surface area (Å²) in [5.74, 6) is 0. The van der Waals surface area contributed by atoms with Crippen molar-refractivity contribution in [3.05, 3.63) is 0 Å². The molecule has 0 aliphatic heterocycles. The number of aliphatic hydroxyl groups is 2. The van der Waals surface area contributed by atoms with Gasteiger partial charge in [0.2, 0.25) is 0 Å². The molecule has 12 heavy (non-hydrogen) atoms. The first-order valence-corrected chi connectivity index (χ1v) is 4.79. The van der Waals surface area contributed by atoms with Gasteiger partial charge in [0.25, 0.3) is 0 Å². The Morgan fingerprint density at radius 3 is 2.00 bits per heavy atom. The molecule has 2 N–H and O–H groups in total. The van der Waals surface area contributed by atoms with E-state index in [-0.39, 0.29) is 13.2 Å². The highest BCUT2D eigenvalue weighted by Crippen LogP contribution is 1.95. The third kappa shape index (κ3) is 6.58. The fourth-order valence-corrected chi connectivity index (χ4v) is 1.17. The standard InChI is InChI=1S/C9H21NO2/c1-2-10(7-5-9-12)6-3-4-8-11/h11-12H,2-9H2,1H3. The molecular weight excluding hydrogens is 154 g/mol. The van der Waals surface area contributed by atoms with E-state index >= 15 is 0 Å². The quantitative estimate of drug-likeness (QED) is 0.527. The Kier molecular flexibility index (Phi) is 8.88. The summed E-state index contributed by atoms with van der Waals surface area (Å²) in [6.07, 6.45) is 2.79. The maximum absolute atomic E-state index is 8.62. The molecule has 0 radical (unpaired) electrons. The molecule has 0 rings (SSSR count). The van der Waals surface area contributed by atoms with E-state index in [1.54, 1.807) is 0 Å². The highest BCUT2D eigenvalue weighted by Gasteiger charge is 1.99. The van der Waals surface area contributed by atoms with Gasteiger partial charge in [-0.2, -0.15) is 0 Å². The number of aliphatic hydroxyl groups excluding tert-OH is 2. The van der Waals surface area contributed by atoms with E-state index in [2.05, 4.69) is 11.8 Å². The van der Waals surface area contributed by atoms with E-state index in [4.69, 9.17) is 10.2 Å². The molecular formula is C9H21NO2.